The van der Waals surface area contributed by atoms with Crippen LogP contribution in [0.4, 0.5) is 30.6 Å². The average molecular weight is 409 g/mol. The number of ether oxygens (including phenoxy) is 2. The summed E-state index contributed by atoms with van der Waals surface area (Å²) in [5.41, 5.74) is 4.92. The van der Waals surface area contributed by atoms with Crippen LogP contribution in [-0.4, -0.2) is 62.6 Å². The van der Waals surface area contributed by atoms with E-state index >= 15 is 0 Å². The highest BCUT2D eigenvalue weighted by atomic mass is 19.4. The molecular weight excluding hydrogens is 387 g/mol. The highest BCUT2D eigenvalue weighted by Gasteiger charge is 2.36. The lowest BCUT2D eigenvalue weighted by Gasteiger charge is -2.32. The second-order valence-electron chi connectivity index (χ2n) is 6.90. The van der Waals surface area contributed by atoms with Gasteiger partial charge in [-0.2, -0.15) is 13.2 Å². The average Bonchev–Trinajstić information content (AvgIpc) is 2.74. The SMILES string of the molecule is Nc1ccc(-c2cc(N3CCOCC3)nc(N3CCOCC3)c2)c(C(F)(F)F)n1. The van der Waals surface area contributed by atoms with Crippen LogP contribution in [0.1, 0.15) is 5.69 Å². The number of hydrogen-bond acceptors (Lipinski definition) is 7. The van der Waals surface area contributed by atoms with Crippen molar-refractivity contribution in [3.8, 4) is 11.1 Å². The second-order valence-corrected chi connectivity index (χ2v) is 6.90. The van der Waals surface area contributed by atoms with Gasteiger partial charge < -0.3 is 25.0 Å². The smallest absolute Gasteiger partial charge is 0.384 e. The number of anilines is 3. The minimum absolute atomic E-state index is 0.0156. The molecule has 7 nitrogen and oxygen atoms in total. The Morgan fingerprint density at radius 1 is 0.828 bits per heavy atom. The van der Waals surface area contributed by atoms with Crippen LogP contribution in [0.2, 0.25) is 0 Å². The van der Waals surface area contributed by atoms with Gasteiger partial charge in [0, 0.05) is 31.7 Å². The Balaban J connectivity index is 1.82. The molecule has 0 radical (unpaired) electrons. The van der Waals surface area contributed by atoms with E-state index in [-0.39, 0.29) is 11.4 Å². The largest absolute Gasteiger partial charge is 0.434 e. The fourth-order valence-corrected chi connectivity index (χ4v) is 3.49. The molecule has 2 saturated heterocycles. The highest BCUT2D eigenvalue weighted by Crippen LogP contribution is 2.38. The molecule has 156 valence electrons. The lowest BCUT2D eigenvalue weighted by molar-refractivity contribution is -0.140. The first kappa shape index (κ1) is 19.7. The first-order valence-electron chi connectivity index (χ1n) is 9.43. The van der Waals surface area contributed by atoms with E-state index in [9.17, 15) is 13.2 Å². The molecule has 2 fully saturated rings. The van der Waals surface area contributed by atoms with Crippen LogP contribution in [0.3, 0.4) is 0 Å². The lowest BCUT2D eigenvalue weighted by atomic mass is 10.0. The summed E-state index contributed by atoms with van der Waals surface area (Å²) >= 11 is 0. The Kier molecular flexibility index (Phi) is 5.46. The zero-order chi connectivity index (χ0) is 20.4. The fourth-order valence-electron chi connectivity index (χ4n) is 3.49. The molecule has 0 aliphatic carbocycles. The van der Waals surface area contributed by atoms with Crippen molar-refractivity contribution in [2.24, 2.45) is 0 Å². The first-order valence-corrected chi connectivity index (χ1v) is 9.43. The van der Waals surface area contributed by atoms with Crippen molar-refractivity contribution in [1.29, 1.82) is 0 Å². The third-order valence-electron chi connectivity index (χ3n) is 4.96. The normalized spacial score (nSPS) is 18.2. The van der Waals surface area contributed by atoms with Crippen LogP contribution in [0.25, 0.3) is 11.1 Å². The summed E-state index contributed by atoms with van der Waals surface area (Å²) in [5.74, 6) is 1.08. The van der Waals surface area contributed by atoms with Crippen LogP contribution < -0.4 is 15.5 Å². The molecule has 0 bridgehead atoms. The molecule has 2 aliphatic heterocycles. The van der Waals surface area contributed by atoms with Crippen LogP contribution in [0, 0.1) is 0 Å². The number of nitrogens with two attached hydrogens (primary N) is 1. The molecule has 0 saturated carbocycles. The van der Waals surface area contributed by atoms with Gasteiger partial charge in [0.05, 0.1) is 26.4 Å². The van der Waals surface area contributed by atoms with Gasteiger partial charge in [0.2, 0.25) is 0 Å². The Morgan fingerprint density at radius 3 is 1.83 bits per heavy atom. The molecule has 0 amide bonds. The molecule has 4 heterocycles. The van der Waals surface area contributed by atoms with Gasteiger partial charge in [-0.1, -0.05) is 0 Å². The van der Waals surface area contributed by atoms with E-state index in [2.05, 4.69) is 4.98 Å². The van der Waals surface area contributed by atoms with Gasteiger partial charge in [0.15, 0.2) is 5.69 Å². The Labute approximate surface area is 166 Å². The molecule has 2 aromatic heterocycles. The van der Waals surface area contributed by atoms with Crippen molar-refractivity contribution >= 4 is 17.5 Å². The number of morpholine rings is 2. The van der Waals surface area contributed by atoms with Gasteiger partial charge in [-0.3, -0.25) is 0 Å². The van der Waals surface area contributed by atoms with Crippen LogP contribution in [0.15, 0.2) is 24.3 Å². The third-order valence-corrected chi connectivity index (χ3v) is 4.96. The third kappa shape index (κ3) is 4.38. The molecule has 10 heteroatoms. The number of halogens is 3. The summed E-state index contributed by atoms with van der Waals surface area (Å²) in [4.78, 5) is 12.3. The van der Waals surface area contributed by atoms with E-state index in [1.54, 1.807) is 12.1 Å². The van der Waals surface area contributed by atoms with Crippen LogP contribution >= 0.6 is 0 Å². The minimum atomic E-state index is -4.62. The molecule has 0 atom stereocenters. The standard InChI is InChI=1S/C19H22F3N5O2/c20-19(21,22)18-14(1-2-15(23)24-18)13-11-16(26-3-7-28-8-4-26)25-17(12-13)27-5-9-29-10-6-27/h1-2,11-12H,3-10H2,(H2,23,24). The number of aromatic nitrogens is 2. The second kappa shape index (κ2) is 8.03. The maximum Gasteiger partial charge on any atom is 0.434 e. The van der Waals surface area contributed by atoms with Gasteiger partial charge >= 0.3 is 6.18 Å². The zero-order valence-electron chi connectivity index (χ0n) is 15.8. The first-order chi connectivity index (χ1) is 13.9. The Morgan fingerprint density at radius 2 is 1.34 bits per heavy atom. The predicted octanol–water partition coefficient (Wildman–Crippen LogP) is 2.42. The molecule has 0 unspecified atom stereocenters. The maximum absolute atomic E-state index is 13.6. The number of hydrogen-bond donors (Lipinski definition) is 1. The Hall–Kier alpha value is -2.59. The molecule has 2 aromatic rings. The number of nitrogen functional groups attached to an aromatic ring is 1. The van der Waals surface area contributed by atoms with E-state index < -0.39 is 11.9 Å². The monoisotopic (exact) mass is 409 g/mol. The van der Waals surface area contributed by atoms with Gasteiger partial charge in [0.25, 0.3) is 0 Å². The van der Waals surface area contributed by atoms with Crippen molar-refractivity contribution in [2.75, 3.05) is 68.1 Å². The summed E-state index contributed by atoms with van der Waals surface area (Å²) < 4.78 is 51.7. The Bertz CT molecular complexity index is 829. The predicted molar refractivity (Wildman–Crippen MR) is 103 cm³/mol. The summed E-state index contributed by atoms with van der Waals surface area (Å²) in [7, 11) is 0. The summed E-state index contributed by atoms with van der Waals surface area (Å²) in [6, 6.07) is 6.11. The van der Waals surface area contributed by atoms with E-state index in [1.165, 1.54) is 12.1 Å². The van der Waals surface area contributed by atoms with Crippen molar-refractivity contribution in [1.82, 2.24) is 9.97 Å². The number of alkyl halides is 3. The minimum Gasteiger partial charge on any atom is -0.384 e. The fraction of sp³-hybridized carbons (Fsp3) is 0.474. The van der Waals surface area contributed by atoms with E-state index in [4.69, 9.17) is 20.2 Å². The molecule has 0 spiro atoms. The van der Waals surface area contributed by atoms with Crippen LogP contribution in [-0.2, 0) is 15.7 Å². The molecule has 2 aliphatic rings. The molecule has 4 rings (SSSR count). The van der Waals surface area contributed by atoms with Crippen molar-refractivity contribution < 1.29 is 22.6 Å². The van der Waals surface area contributed by atoms with Crippen molar-refractivity contribution in [3.05, 3.63) is 30.0 Å². The summed E-state index contributed by atoms with van der Waals surface area (Å²) in [6.07, 6.45) is -4.62. The van der Waals surface area contributed by atoms with Gasteiger partial charge in [-0.15, -0.1) is 0 Å². The summed E-state index contributed by atoms with van der Waals surface area (Å²) in [6.45, 7) is 4.73. The van der Waals surface area contributed by atoms with Gasteiger partial charge in [-0.25, -0.2) is 9.97 Å². The van der Waals surface area contributed by atoms with Gasteiger partial charge in [-0.05, 0) is 29.8 Å². The quantitative estimate of drug-likeness (QED) is 0.834. The molecule has 0 aromatic carbocycles. The topological polar surface area (TPSA) is 76.7 Å². The van der Waals surface area contributed by atoms with E-state index in [0.29, 0.717) is 69.8 Å². The molecule has 29 heavy (non-hydrogen) atoms. The molecule has 2 N–H and O–H groups in total. The number of rotatable bonds is 3. The molecular formula is C19H22F3N5O2. The van der Waals surface area contributed by atoms with E-state index in [1.807, 2.05) is 9.80 Å². The zero-order valence-corrected chi connectivity index (χ0v) is 15.8. The van der Waals surface area contributed by atoms with Gasteiger partial charge in [0.1, 0.15) is 17.5 Å². The highest BCUT2D eigenvalue weighted by molar-refractivity contribution is 5.74. The summed E-state index contributed by atoms with van der Waals surface area (Å²) in [5, 5.41) is 0. The lowest BCUT2D eigenvalue weighted by Crippen LogP contribution is -2.39. The number of nitrogens with zero attached hydrogens (tertiary/aromatic N) is 4. The van der Waals surface area contributed by atoms with Crippen molar-refractivity contribution in [3.63, 3.8) is 0 Å². The van der Waals surface area contributed by atoms with E-state index in [0.717, 1.165) is 0 Å². The van der Waals surface area contributed by atoms with Crippen LogP contribution in [0.5, 0.6) is 0 Å². The number of pyridine rings is 2. The van der Waals surface area contributed by atoms with Crippen molar-refractivity contribution in [2.45, 2.75) is 6.18 Å². The maximum atomic E-state index is 13.6.